The number of sulfonamides is 1. The molecule has 1 aliphatic rings. The highest BCUT2D eigenvalue weighted by Gasteiger charge is 2.20. The monoisotopic (exact) mass is 354 g/mol. The zero-order valence-corrected chi connectivity index (χ0v) is 14.9. The van der Waals surface area contributed by atoms with Crippen LogP contribution in [0.4, 0.5) is 10.5 Å². The Morgan fingerprint density at radius 2 is 1.67 bits per heavy atom. The summed E-state index contributed by atoms with van der Waals surface area (Å²) in [5.74, 6) is 0. The molecule has 0 aliphatic heterocycles. The Bertz CT molecular complexity index is 620. The van der Waals surface area contributed by atoms with Gasteiger partial charge in [0.25, 0.3) is 0 Å². The van der Waals surface area contributed by atoms with Crippen LogP contribution in [0.5, 0.6) is 0 Å². The fourth-order valence-corrected chi connectivity index (χ4v) is 4.17. The van der Waals surface area contributed by atoms with Crippen LogP contribution in [-0.4, -0.2) is 27.2 Å². The fraction of sp³-hybridized carbons (Fsp3) is 0.588. The number of anilines is 1. The molecule has 0 radical (unpaired) electrons. The molecule has 1 saturated carbocycles. The van der Waals surface area contributed by atoms with Crippen molar-refractivity contribution < 1.29 is 17.9 Å². The quantitative estimate of drug-likeness (QED) is 0.845. The van der Waals surface area contributed by atoms with E-state index < -0.39 is 16.1 Å². The third-order valence-corrected chi connectivity index (χ3v) is 5.65. The third kappa shape index (κ3) is 5.79. The van der Waals surface area contributed by atoms with Crippen molar-refractivity contribution in [1.29, 1.82) is 0 Å². The predicted molar refractivity (Wildman–Crippen MR) is 93.5 cm³/mol. The van der Waals surface area contributed by atoms with Crippen molar-refractivity contribution in [3.05, 3.63) is 24.3 Å². The summed E-state index contributed by atoms with van der Waals surface area (Å²) in [4.78, 5) is 11.6. The maximum absolute atomic E-state index is 12.5. The van der Waals surface area contributed by atoms with Crippen molar-refractivity contribution in [2.75, 3.05) is 11.9 Å². The molecule has 0 atom stereocenters. The van der Waals surface area contributed by atoms with E-state index in [-0.39, 0.29) is 17.5 Å². The van der Waals surface area contributed by atoms with Crippen LogP contribution in [0.3, 0.4) is 0 Å². The van der Waals surface area contributed by atoms with E-state index >= 15 is 0 Å². The molecular formula is C17H26N2O4S. The Morgan fingerprint density at radius 1 is 1.08 bits per heavy atom. The zero-order valence-electron chi connectivity index (χ0n) is 14.1. The van der Waals surface area contributed by atoms with E-state index in [9.17, 15) is 13.2 Å². The molecule has 7 heteroatoms. The number of benzene rings is 1. The molecule has 2 N–H and O–H groups in total. The second kappa shape index (κ2) is 9.03. The largest absolute Gasteiger partial charge is 0.450 e. The number of ether oxygens (including phenoxy) is 1. The first-order valence-electron chi connectivity index (χ1n) is 8.57. The first-order chi connectivity index (χ1) is 11.5. The van der Waals surface area contributed by atoms with E-state index in [0.29, 0.717) is 5.69 Å². The van der Waals surface area contributed by atoms with E-state index in [1.54, 1.807) is 19.1 Å². The highest BCUT2D eigenvalue weighted by Crippen LogP contribution is 2.20. The van der Waals surface area contributed by atoms with Crippen molar-refractivity contribution in [1.82, 2.24) is 4.72 Å². The average Bonchev–Trinajstić information content (AvgIpc) is 2.50. The molecule has 24 heavy (non-hydrogen) atoms. The van der Waals surface area contributed by atoms with Crippen LogP contribution in [0, 0.1) is 0 Å². The van der Waals surface area contributed by atoms with Crippen LogP contribution in [0.15, 0.2) is 29.2 Å². The lowest BCUT2D eigenvalue weighted by Gasteiger charge is -2.21. The second-order valence-electron chi connectivity index (χ2n) is 6.03. The van der Waals surface area contributed by atoms with Gasteiger partial charge < -0.3 is 4.74 Å². The van der Waals surface area contributed by atoms with Gasteiger partial charge >= 0.3 is 6.09 Å². The number of rotatable bonds is 5. The van der Waals surface area contributed by atoms with Gasteiger partial charge in [0, 0.05) is 11.7 Å². The Labute approximate surface area is 144 Å². The summed E-state index contributed by atoms with van der Waals surface area (Å²) in [7, 11) is -3.54. The number of amides is 1. The number of hydrogen-bond donors (Lipinski definition) is 2. The van der Waals surface area contributed by atoms with Gasteiger partial charge in [-0.05, 0) is 44.0 Å². The SMILES string of the molecule is CCOC(=O)Nc1ccc(S(=O)(=O)NC2CCCCCCC2)cc1. The highest BCUT2D eigenvalue weighted by molar-refractivity contribution is 7.89. The van der Waals surface area contributed by atoms with Crippen LogP contribution in [0.25, 0.3) is 0 Å². The summed E-state index contributed by atoms with van der Waals surface area (Å²) in [5.41, 5.74) is 0.498. The van der Waals surface area contributed by atoms with Gasteiger partial charge in [0.2, 0.25) is 10.0 Å². The number of carbonyl (C=O) groups is 1. The number of hydrogen-bond acceptors (Lipinski definition) is 4. The van der Waals surface area contributed by atoms with Crippen LogP contribution >= 0.6 is 0 Å². The summed E-state index contributed by atoms with van der Waals surface area (Å²) in [6.07, 6.45) is 6.95. The minimum atomic E-state index is -3.54. The molecule has 0 spiro atoms. The van der Waals surface area contributed by atoms with E-state index in [2.05, 4.69) is 10.0 Å². The maximum Gasteiger partial charge on any atom is 0.411 e. The summed E-state index contributed by atoms with van der Waals surface area (Å²) >= 11 is 0. The van der Waals surface area contributed by atoms with Crippen LogP contribution in [-0.2, 0) is 14.8 Å². The lowest BCUT2D eigenvalue weighted by atomic mass is 9.97. The van der Waals surface area contributed by atoms with Crippen LogP contribution in [0.2, 0.25) is 0 Å². The lowest BCUT2D eigenvalue weighted by Crippen LogP contribution is -2.35. The Morgan fingerprint density at radius 3 is 2.25 bits per heavy atom. The second-order valence-corrected chi connectivity index (χ2v) is 7.75. The molecule has 6 nitrogen and oxygen atoms in total. The lowest BCUT2D eigenvalue weighted by molar-refractivity contribution is 0.168. The van der Waals surface area contributed by atoms with Crippen LogP contribution < -0.4 is 10.0 Å². The first-order valence-corrected chi connectivity index (χ1v) is 10.1. The maximum atomic E-state index is 12.5. The Balaban J connectivity index is 1.99. The predicted octanol–water partition coefficient (Wildman–Crippen LogP) is 3.65. The molecule has 1 amide bonds. The van der Waals surface area contributed by atoms with E-state index in [4.69, 9.17) is 4.74 Å². The van der Waals surface area contributed by atoms with Gasteiger partial charge in [-0.15, -0.1) is 0 Å². The Kier molecular flexibility index (Phi) is 7.05. The Hall–Kier alpha value is -1.60. The van der Waals surface area contributed by atoms with Gasteiger partial charge in [0.15, 0.2) is 0 Å². The smallest absolute Gasteiger partial charge is 0.411 e. The van der Waals surface area contributed by atoms with Crippen molar-refractivity contribution in [3.8, 4) is 0 Å². The molecular weight excluding hydrogens is 328 g/mol. The average molecular weight is 354 g/mol. The van der Waals surface area contributed by atoms with Crippen molar-refractivity contribution in [2.45, 2.75) is 62.8 Å². The van der Waals surface area contributed by atoms with E-state index in [1.165, 1.54) is 31.4 Å². The number of nitrogens with one attached hydrogen (secondary N) is 2. The van der Waals surface area contributed by atoms with Gasteiger partial charge in [-0.25, -0.2) is 17.9 Å². The van der Waals surface area contributed by atoms with Gasteiger partial charge in [-0.2, -0.15) is 0 Å². The van der Waals surface area contributed by atoms with Crippen LogP contribution in [0.1, 0.15) is 51.9 Å². The van der Waals surface area contributed by atoms with Crippen molar-refractivity contribution >= 4 is 21.8 Å². The first kappa shape index (κ1) is 18.7. The molecule has 0 saturated heterocycles. The minimum absolute atomic E-state index is 0.00707. The third-order valence-electron chi connectivity index (χ3n) is 4.11. The summed E-state index contributed by atoms with van der Waals surface area (Å²) < 4.78 is 32.6. The molecule has 1 aromatic rings. The topological polar surface area (TPSA) is 84.5 Å². The van der Waals surface area contributed by atoms with Gasteiger partial charge in [0.05, 0.1) is 11.5 Å². The normalized spacial score (nSPS) is 16.9. The molecule has 0 bridgehead atoms. The fourth-order valence-electron chi connectivity index (χ4n) is 2.86. The molecule has 0 heterocycles. The highest BCUT2D eigenvalue weighted by atomic mass is 32.2. The molecule has 1 aromatic carbocycles. The molecule has 2 rings (SSSR count). The molecule has 1 aliphatic carbocycles. The molecule has 0 unspecified atom stereocenters. The number of carbonyl (C=O) groups excluding carboxylic acids is 1. The van der Waals surface area contributed by atoms with Gasteiger partial charge in [-0.1, -0.05) is 32.1 Å². The van der Waals surface area contributed by atoms with E-state index in [1.807, 2.05) is 0 Å². The van der Waals surface area contributed by atoms with E-state index in [0.717, 1.165) is 25.7 Å². The van der Waals surface area contributed by atoms with Gasteiger partial charge in [0.1, 0.15) is 0 Å². The summed E-state index contributed by atoms with van der Waals surface area (Å²) in [5, 5.41) is 2.54. The van der Waals surface area contributed by atoms with Gasteiger partial charge in [-0.3, -0.25) is 5.32 Å². The summed E-state index contributed by atoms with van der Waals surface area (Å²) in [6.45, 7) is 2.00. The van der Waals surface area contributed by atoms with Crippen molar-refractivity contribution in [3.63, 3.8) is 0 Å². The molecule has 0 aromatic heterocycles. The van der Waals surface area contributed by atoms with Crippen molar-refractivity contribution in [2.24, 2.45) is 0 Å². The molecule has 1 fully saturated rings. The molecule has 134 valence electrons. The standard InChI is InChI=1S/C17H26N2O4S/c1-2-23-17(20)18-14-10-12-16(13-11-14)24(21,22)19-15-8-6-4-3-5-7-9-15/h10-13,15,19H,2-9H2,1H3,(H,18,20). The minimum Gasteiger partial charge on any atom is -0.450 e. The summed E-state index contributed by atoms with van der Waals surface area (Å²) in [6, 6.07) is 6.11. The zero-order chi connectivity index (χ0) is 17.4.